The molecule has 0 heterocycles. The number of rotatable bonds is 7. The lowest BCUT2D eigenvalue weighted by atomic mass is 9.94. The van der Waals surface area contributed by atoms with Crippen LogP contribution in [0.1, 0.15) is 45.1 Å². The average Bonchev–Trinajstić information content (AvgIpc) is 2.37. The highest BCUT2D eigenvalue weighted by Gasteiger charge is 2.17. The molecule has 0 aliphatic heterocycles. The van der Waals surface area contributed by atoms with Gasteiger partial charge in [0.1, 0.15) is 0 Å². The molecule has 5 heteroatoms. The molecular weight excluding hydrogens is 326 g/mol. The molecule has 108 valence electrons. The summed E-state index contributed by atoms with van der Waals surface area (Å²) >= 11 is 3.60. The highest BCUT2D eigenvalue weighted by Crippen LogP contribution is 2.28. The first-order valence-corrected chi connectivity index (χ1v) is 9.06. The standard InChI is InChI=1S/C14H22BrNO2S/c1-4-10-16-19(17,18)13-8-6-12(7-9-13)14(5-2)11(3)15/h6-9,11,14,16H,4-5,10H2,1-3H3. The molecule has 0 saturated carbocycles. The van der Waals surface area contributed by atoms with Gasteiger partial charge in [0, 0.05) is 11.4 Å². The fraction of sp³-hybridized carbons (Fsp3) is 0.571. The first kappa shape index (κ1) is 16.7. The number of hydrogen-bond donors (Lipinski definition) is 1. The molecule has 1 aromatic carbocycles. The van der Waals surface area contributed by atoms with Gasteiger partial charge < -0.3 is 0 Å². The predicted octanol–water partition coefficient (Wildman–Crippen LogP) is 3.65. The molecule has 0 aromatic heterocycles. The molecule has 0 amide bonds. The van der Waals surface area contributed by atoms with E-state index < -0.39 is 10.0 Å². The Morgan fingerprint density at radius 3 is 2.21 bits per heavy atom. The van der Waals surface area contributed by atoms with Crippen molar-refractivity contribution in [1.82, 2.24) is 4.72 Å². The molecule has 1 N–H and O–H groups in total. The third-order valence-corrected chi connectivity index (χ3v) is 5.27. The maximum atomic E-state index is 12.0. The van der Waals surface area contributed by atoms with E-state index in [0.29, 0.717) is 22.2 Å². The Morgan fingerprint density at radius 2 is 1.79 bits per heavy atom. The maximum absolute atomic E-state index is 12.0. The van der Waals surface area contributed by atoms with E-state index in [1.165, 1.54) is 5.56 Å². The minimum Gasteiger partial charge on any atom is -0.211 e. The van der Waals surface area contributed by atoms with Gasteiger partial charge in [-0.05, 0) is 36.5 Å². The molecular formula is C14H22BrNO2S. The molecule has 0 radical (unpaired) electrons. The summed E-state index contributed by atoms with van der Waals surface area (Å²) in [6.45, 7) is 6.66. The van der Waals surface area contributed by atoms with E-state index in [9.17, 15) is 8.42 Å². The van der Waals surface area contributed by atoms with Crippen LogP contribution >= 0.6 is 15.9 Å². The number of alkyl halides is 1. The van der Waals surface area contributed by atoms with Crippen LogP contribution in [0.4, 0.5) is 0 Å². The fourth-order valence-electron chi connectivity index (χ4n) is 2.04. The molecule has 0 aliphatic carbocycles. The molecule has 1 aromatic rings. The molecule has 2 atom stereocenters. The van der Waals surface area contributed by atoms with Crippen molar-refractivity contribution in [2.45, 2.75) is 49.3 Å². The van der Waals surface area contributed by atoms with E-state index in [0.717, 1.165) is 12.8 Å². The van der Waals surface area contributed by atoms with Gasteiger partial charge in [0.05, 0.1) is 4.90 Å². The van der Waals surface area contributed by atoms with Gasteiger partial charge in [-0.1, -0.05) is 48.8 Å². The molecule has 2 unspecified atom stereocenters. The van der Waals surface area contributed by atoms with Crippen molar-refractivity contribution in [3.8, 4) is 0 Å². The summed E-state index contributed by atoms with van der Waals surface area (Å²) in [5, 5.41) is 0. The first-order valence-electron chi connectivity index (χ1n) is 6.66. The summed E-state index contributed by atoms with van der Waals surface area (Å²) in [4.78, 5) is 0.708. The maximum Gasteiger partial charge on any atom is 0.240 e. The lowest BCUT2D eigenvalue weighted by Gasteiger charge is -2.18. The van der Waals surface area contributed by atoms with Gasteiger partial charge in [0.15, 0.2) is 0 Å². The minimum absolute atomic E-state index is 0.335. The molecule has 0 fully saturated rings. The lowest BCUT2D eigenvalue weighted by Crippen LogP contribution is -2.24. The zero-order chi connectivity index (χ0) is 14.5. The third kappa shape index (κ3) is 4.58. The molecule has 0 saturated heterocycles. The van der Waals surface area contributed by atoms with E-state index in [1.807, 2.05) is 19.1 Å². The Balaban J connectivity index is 2.93. The topological polar surface area (TPSA) is 46.2 Å². The van der Waals surface area contributed by atoms with Gasteiger partial charge >= 0.3 is 0 Å². The predicted molar refractivity (Wildman–Crippen MR) is 83.3 cm³/mol. The minimum atomic E-state index is -3.35. The first-order chi connectivity index (χ1) is 8.92. The SMILES string of the molecule is CCCNS(=O)(=O)c1ccc(C(CC)C(C)Br)cc1. The van der Waals surface area contributed by atoms with Crippen LogP contribution < -0.4 is 4.72 Å². The molecule has 0 aliphatic rings. The largest absolute Gasteiger partial charge is 0.240 e. The van der Waals surface area contributed by atoms with Gasteiger partial charge in [0.2, 0.25) is 10.0 Å². The third-order valence-electron chi connectivity index (χ3n) is 3.15. The van der Waals surface area contributed by atoms with E-state index >= 15 is 0 Å². The van der Waals surface area contributed by atoms with E-state index in [-0.39, 0.29) is 0 Å². The Kier molecular flexibility index (Phi) is 6.50. The summed E-state index contributed by atoms with van der Waals surface area (Å²) in [7, 11) is -3.35. The zero-order valence-corrected chi connectivity index (χ0v) is 14.1. The van der Waals surface area contributed by atoms with E-state index in [2.05, 4.69) is 34.5 Å². The zero-order valence-electron chi connectivity index (χ0n) is 11.7. The number of benzene rings is 1. The molecule has 0 spiro atoms. The van der Waals surface area contributed by atoms with Crippen LogP contribution in [0.5, 0.6) is 0 Å². The van der Waals surface area contributed by atoms with Gasteiger partial charge in [-0.3, -0.25) is 0 Å². The molecule has 3 nitrogen and oxygen atoms in total. The van der Waals surface area contributed by atoms with Crippen LogP contribution in [0, 0.1) is 0 Å². The van der Waals surface area contributed by atoms with Gasteiger partial charge in [-0.25, -0.2) is 13.1 Å². The highest BCUT2D eigenvalue weighted by atomic mass is 79.9. The normalized spacial score (nSPS) is 15.2. The monoisotopic (exact) mass is 347 g/mol. The van der Waals surface area contributed by atoms with E-state index in [4.69, 9.17) is 0 Å². The second-order valence-corrected chi connectivity index (χ2v) is 7.87. The average molecular weight is 348 g/mol. The van der Waals surface area contributed by atoms with Crippen molar-refractivity contribution in [1.29, 1.82) is 0 Å². The summed E-state index contributed by atoms with van der Waals surface area (Å²) in [6, 6.07) is 7.19. The van der Waals surface area contributed by atoms with Gasteiger partial charge in [-0.15, -0.1) is 0 Å². The van der Waals surface area contributed by atoms with Crippen molar-refractivity contribution in [2.75, 3.05) is 6.54 Å². The van der Waals surface area contributed by atoms with Crippen LogP contribution in [0.25, 0.3) is 0 Å². The van der Waals surface area contributed by atoms with Crippen LogP contribution in [0.3, 0.4) is 0 Å². The van der Waals surface area contributed by atoms with Crippen molar-refractivity contribution in [3.05, 3.63) is 29.8 Å². The number of sulfonamides is 1. The van der Waals surface area contributed by atoms with Gasteiger partial charge in [-0.2, -0.15) is 0 Å². The van der Waals surface area contributed by atoms with Crippen molar-refractivity contribution in [2.24, 2.45) is 0 Å². The number of nitrogens with one attached hydrogen (secondary N) is 1. The molecule has 19 heavy (non-hydrogen) atoms. The second kappa shape index (κ2) is 7.41. The highest BCUT2D eigenvalue weighted by molar-refractivity contribution is 9.09. The second-order valence-electron chi connectivity index (χ2n) is 4.66. The quantitative estimate of drug-likeness (QED) is 0.765. The van der Waals surface area contributed by atoms with Crippen molar-refractivity contribution >= 4 is 26.0 Å². The number of hydrogen-bond acceptors (Lipinski definition) is 2. The van der Waals surface area contributed by atoms with Crippen molar-refractivity contribution < 1.29 is 8.42 Å². The van der Waals surface area contributed by atoms with Crippen molar-refractivity contribution in [3.63, 3.8) is 0 Å². The van der Waals surface area contributed by atoms with Crippen LogP contribution in [-0.2, 0) is 10.0 Å². The Labute approximate surface area is 125 Å². The Morgan fingerprint density at radius 1 is 1.21 bits per heavy atom. The fourth-order valence-corrected chi connectivity index (χ4v) is 3.85. The van der Waals surface area contributed by atoms with Crippen LogP contribution in [-0.4, -0.2) is 19.8 Å². The molecule has 0 bridgehead atoms. The smallest absolute Gasteiger partial charge is 0.211 e. The van der Waals surface area contributed by atoms with Crippen LogP contribution in [0.15, 0.2) is 29.2 Å². The summed E-state index contributed by atoms with van der Waals surface area (Å²) in [5.41, 5.74) is 1.17. The van der Waals surface area contributed by atoms with E-state index in [1.54, 1.807) is 12.1 Å². The lowest BCUT2D eigenvalue weighted by molar-refractivity contribution is 0.580. The molecule has 1 rings (SSSR count). The summed E-state index contributed by atoms with van der Waals surface area (Å²) in [5.74, 6) is 0.403. The Hall–Kier alpha value is -0.390. The Bertz CT molecular complexity index is 483. The summed E-state index contributed by atoms with van der Waals surface area (Å²) in [6.07, 6.45) is 1.81. The van der Waals surface area contributed by atoms with Gasteiger partial charge in [0.25, 0.3) is 0 Å². The van der Waals surface area contributed by atoms with Crippen LogP contribution in [0.2, 0.25) is 0 Å². The number of halogens is 1. The summed E-state index contributed by atoms with van der Waals surface area (Å²) < 4.78 is 26.5.